The quantitative estimate of drug-likeness (QED) is 0.245. The van der Waals surface area contributed by atoms with Crippen molar-refractivity contribution in [2.24, 2.45) is 0 Å². The van der Waals surface area contributed by atoms with Crippen molar-refractivity contribution in [3.8, 4) is 34.1 Å². The van der Waals surface area contributed by atoms with Crippen molar-refractivity contribution in [2.45, 2.75) is 32.6 Å². The Hall–Kier alpha value is -4.85. The molecule has 5 aromatic rings. The Morgan fingerprint density at radius 2 is 1.56 bits per heavy atom. The second kappa shape index (κ2) is 10.9. The lowest BCUT2D eigenvalue weighted by Crippen LogP contribution is -2.12. The number of benzene rings is 2. The van der Waals surface area contributed by atoms with Crippen LogP contribution in [0, 0.1) is 6.92 Å². The van der Waals surface area contributed by atoms with E-state index in [-0.39, 0.29) is 0 Å². The maximum Gasteiger partial charge on any atom is 0.228 e. The third kappa shape index (κ3) is 5.13. The lowest BCUT2D eigenvalue weighted by Gasteiger charge is -2.22. The van der Waals surface area contributed by atoms with E-state index in [1.807, 2.05) is 42.5 Å². The summed E-state index contributed by atoms with van der Waals surface area (Å²) in [6.45, 7) is 2.13. The number of hydrogen-bond acceptors (Lipinski definition) is 8. The van der Waals surface area contributed by atoms with Gasteiger partial charge in [-0.15, -0.1) is 10.2 Å². The fraction of sp³-hybridized carbons (Fsp3) is 0.194. The van der Waals surface area contributed by atoms with Crippen LogP contribution in [0.5, 0.6) is 11.6 Å². The number of fused-ring (bicyclic) bond motifs is 1. The van der Waals surface area contributed by atoms with Gasteiger partial charge in [0.2, 0.25) is 11.8 Å². The van der Waals surface area contributed by atoms with Crippen LogP contribution in [0.25, 0.3) is 22.5 Å². The number of nitrogens with one attached hydrogen (secondary N) is 2. The Morgan fingerprint density at radius 1 is 0.769 bits per heavy atom. The van der Waals surface area contributed by atoms with Crippen molar-refractivity contribution < 1.29 is 4.74 Å². The van der Waals surface area contributed by atoms with Gasteiger partial charge in [-0.3, -0.25) is 0 Å². The summed E-state index contributed by atoms with van der Waals surface area (Å²) < 4.78 is 6.16. The number of rotatable bonds is 7. The average Bonchev–Trinajstić information content (AvgIpc) is 2.99. The Morgan fingerprint density at radius 3 is 2.38 bits per heavy atom. The van der Waals surface area contributed by atoms with Crippen LogP contribution in [0.15, 0.2) is 79.1 Å². The highest BCUT2D eigenvalue weighted by atomic mass is 16.5. The highest BCUT2D eigenvalue weighted by Gasteiger charge is 2.21. The number of anilines is 3. The number of aromatic nitrogens is 5. The molecule has 0 radical (unpaired) electrons. The minimum Gasteiger partial charge on any atom is -0.438 e. The number of nitrogens with zero attached hydrogens (tertiary/aromatic N) is 5. The Kier molecular flexibility index (Phi) is 6.82. The molecule has 2 N–H and O–H groups in total. The fourth-order valence-corrected chi connectivity index (χ4v) is 4.96. The first-order valence-corrected chi connectivity index (χ1v) is 13.1. The van der Waals surface area contributed by atoms with E-state index in [2.05, 4.69) is 67.0 Å². The van der Waals surface area contributed by atoms with Gasteiger partial charge in [0, 0.05) is 36.3 Å². The molecule has 8 heteroatoms. The lowest BCUT2D eigenvalue weighted by molar-refractivity contribution is 0.465. The molecule has 6 rings (SSSR count). The highest BCUT2D eigenvalue weighted by molar-refractivity contribution is 5.72. The molecule has 2 aromatic carbocycles. The zero-order valence-electron chi connectivity index (χ0n) is 22.0. The van der Waals surface area contributed by atoms with Gasteiger partial charge >= 0.3 is 0 Å². The van der Waals surface area contributed by atoms with Gasteiger partial charge in [0.05, 0.1) is 17.0 Å². The van der Waals surface area contributed by atoms with Gasteiger partial charge in [0.25, 0.3) is 0 Å². The predicted molar refractivity (Wildman–Crippen MR) is 153 cm³/mol. The van der Waals surface area contributed by atoms with Crippen molar-refractivity contribution in [1.82, 2.24) is 25.1 Å². The molecular formula is C31H29N7O. The molecule has 194 valence electrons. The first-order valence-electron chi connectivity index (χ1n) is 13.1. The Bertz CT molecular complexity index is 1620. The van der Waals surface area contributed by atoms with Crippen molar-refractivity contribution >= 4 is 17.5 Å². The van der Waals surface area contributed by atoms with Gasteiger partial charge in [0.15, 0.2) is 5.82 Å². The van der Waals surface area contributed by atoms with Gasteiger partial charge < -0.3 is 15.4 Å². The van der Waals surface area contributed by atoms with Crippen LogP contribution in [0.1, 0.15) is 29.5 Å². The lowest BCUT2D eigenvalue weighted by atomic mass is 9.88. The third-order valence-electron chi connectivity index (χ3n) is 6.95. The molecule has 0 atom stereocenters. The van der Waals surface area contributed by atoms with Crippen LogP contribution in [-0.2, 0) is 12.8 Å². The standard InChI is InChI=1S/C31H29N7O/c1-20-8-3-4-9-23(20)28-24-10-5-6-11-25(24)29(38-37-28)35-21-13-15-22(16-14-21)39-30-26(12-7-18-33-30)27-17-19-34-31(32-2)36-27/h3-4,7-9,12-19H,5-6,10-11H2,1-2H3,(H,35,38)(H,32,34,36). The smallest absolute Gasteiger partial charge is 0.228 e. The van der Waals surface area contributed by atoms with Crippen LogP contribution in [0.2, 0.25) is 0 Å². The minimum absolute atomic E-state index is 0.477. The number of hydrogen-bond donors (Lipinski definition) is 2. The van der Waals surface area contributed by atoms with Crippen molar-refractivity contribution in [1.29, 1.82) is 0 Å². The number of pyridine rings is 1. The molecule has 1 aliphatic rings. The van der Waals surface area contributed by atoms with Gasteiger partial charge in [0.1, 0.15) is 5.75 Å². The van der Waals surface area contributed by atoms with E-state index in [0.717, 1.165) is 53.3 Å². The maximum atomic E-state index is 6.16. The first-order chi connectivity index (χ1) is 19.2. The molecule has 39 heavy (non-hydrogen) atoms. The molecule has 0 amide bonds. The van der Waals surface area contributed by atoms with Crippen molar-refractivity contribution in [3.05, 3.63) is 95.8 Å². The molecule has 0 saturated heterocycles. The monoisotopic (exact) mass is 515 g/mol. The summed E-state index contributed by atoms with van der Waals surface area (Å²) in [5, 5.41) is 15.8. The molecule has 8 nitrogen and oxygen atoms in total. The van der Waals surface area contributed by atoms with E-state index in [1.165, 1.54) is 23.1 Å². The van der Waals surface area contributed by atoms with Crippen molar-refractivity contribution in [3.63, 3.8) is 0 Å². The Balaban J connectivity index is 1.24. The molecule has 3 aromatic heterocycles. The maximum absolute atomic E-state index is 6.16. The predicted octanol–water partition coefficient (Wildman–Crippen LogP) is 6.76. The van der Waals surface area contributed by atoms with E-state index in [1.54, 1.807) is 19.4 Å². The summed E-state index contributed by atoms with van der Waals surface area (Å²) in [6.07, 6.45) is 7.75. The van der Waals surface area contributed by atoms with Gasteiger partial charge in [-0.1, -0.05) is 24.3 Å². The van der Waals surface area contributed by atoms with E-state index in [4.69, 9.17) is 4.74 Å². The molecule has 1 aliphatic carbocycles. The van der Waals surface area contributed by atoms with Gasteiger partial charge in [-0.25, -0.2) is 15.0 Å². The SMILES string of the molecule is CNc1nccc(-c2cccnc2Oc2ccc(Nc3nnc(-c4ccccc4C)c4c3CCCC4)cc2)n1. The van der Waals surface area contributed by atoms with Crippen LogP contribution in [0.4, 0.5) is 17.5 Å². The molecule has 0 bridgehead atoms. The zero-order chi connectivity index (χ0) is 26.6. The normalized spacial score (nSPS) is 12.5. The summed E-state index contributed by atoms with van der Waals surface area (Å²) in [4.78, 5) is 13.2. The summed E-state index contributed by atoms with van der Waals surface area (Å²) in [6, 6.07) is 21.8. The summed E-state index contributed by atoms with van der Waals surface area (Å²) in [5.74, 6) is 2.51. The van der Waals surface area contributed by atoms with Gasteiger partial charge in [-0.2, -0.15) is 0 Å². The fourth-order valence-electron chi connectivity index (χ4n) is 4.96. The summed E-state index contributed by atoms with van der Waals surface area (Å²) in [7, 11) is 1.79. The summed E-state index contributed by atoms with van der Waals surface area (Å²) in [5.41, 5.74) is 8.39. The van der Waals surface area contributed by atoms with Crippen LogP contribution in [0.3, 0.4) is 0 Å². The molecule has 0 saturated carbocycles. The summed E-state index contributed by atoms with van der Waals surface area (Å²) >= 11 is 0. The topological polar surface area (TPSA) is 97.7 Å². The van der Waals surface area contributed by atoms with E-state index in [0.29, 0.717) is 17.6 Å². The van der Waals surface area contributed by atoms with E-state index in [9.17, 15) is 0 Å². The molecule has 0 fully saturated rings. The van der Waals surface area contributed by atoms with E-state index >= 15 is 0 Å². The zero-order valence-corrected chi connectivity index (χ0v) is 22.0. The van der Waals surface area contributed by atoms with Crippen molar-refractivity contribution in [2.75, 3.05) is 17.7 Å². The van der Waals surface area contributed by atoms with Crippen LogP contribution >= 0.6 is 0 Å². The average molecular weight is 516 g/mol. The number of ether oxygens (including phenoxy) is 1. The highest BCUT2D eigenvalue weighted by Crippen LogP contribution is 2.36. The Labute approximate surface area is 227 Å². The second-order valence-electron chi connectivity index (χ2n) is 9.50. The van der Waals surface area contributed by atoms with Gasteiger partial charge in [-0.05, 0) is 86.2 Å². The number of aryl methyl sites for hydroxylation is 1. The first kappa shape index (κ1) is 24.5. The van der Waals surface area contributed by atoms with Crippen LogP contribution in [-0.4, -0.2) is 32.2 Å². The molecule has 0 spiro atoms. The molecule has 3 heterocycles. The molecule has 0 aliphatic heterocycles. The second-order valence-corrected chi connectivity index (χ2v) is 9.50. The molecule has 0 unspecified atom stereocenters. The van der Waals surface area contributed by atoms with E-state index < -0.39 is 0 Å². The largest absolute Gasteiger partial charge is 0.438 e. The third-order valence-corrected chi connectivity index (χ3v) is 6.95. The minimum atomic E-state index is 0.477. The molecular weight excluding hydrogens is 486 g/mol. The van der Waals surface area contributed by atoms with Crippen LogP contribution < -0.4 is 15.4 Å².